The van der Waals surface area contributed by atoms with Gasteiger partial charge in [-0.25, -0.2) is 0 Å². The molecule has 2 amide bonds. The third-order valence-corrected chi connectivity index (χ3v) is 7.44. The van der Waals surface area contributed by atoms with Gasteiger partial charge in [0.15, 0.2) is 0 Å². The van der Waals surface area contributed by atoms with Crippen LogP contribution < -0.4 is 0 Å². The Morgan fingerprint density at radius 1 is 0.862 bits per heavy atom. The summed E-state index contributed by atoms with van der Waals surface area (Å²) in [4.78, 5) is 32.4. The van der Waals surface area contributed by atoms with Gasteiger partial charge in [0.05, 0.1) is 0 Å². The molecule has 1 aromatic rings. The molecule has 1 aromatic carbocycles. The largest absolute Gasteiger partial charge is 0.339 e. The monoisotopic (exact) mass is 397 g/mol. The predicted molar refractivity (Wildman–Crippen MR) is 115 cm³/mol. The summed E-state index contributed by atoms with van der Waals surface area (Å²) in [7, 11) is 4.04. The molecule has 4 rings (SSSR count). The minimum Gasteiger partial charge on any atom is -0.339 e. The summed E-state index contributed by atoms with van der Waals surface area (Å²) in [5.74, 6) is 0.888. The number of amides is 2. The lowest BCUT2D eigenvalue weighted by molar-refractivity contribution is 0.0390. The van der Waals surface area contributed by atoms with Crippen molar-refractivity contribution in [2.24, 2.45) is 5.92 Å². The van der Waals surface area contributed by atoms with E-state index in [1.54, 1.807) is 0 Å². The highest BCUT2D eigenvalue weighted by atomic mass is 16.2. The van der Waals surface area contributed by atoms with Crippen LogP contribution in [0.1, 0.15) is 72.1 Å². The summed E-state index contributed by atoms with van der Waals surface area (Å²) < 4.78 is 0. The number of benzene rings is 1. The highest BCUT2D eigenvalue weighted by molar-refractivity contribution is 5.98. The lowest BCUT2D eigenvalue weighted by Gasteiger charge is -2.44. The number of carbonyl (C=O) groups excluding carboxylic acids is 2. The van der Waals surface area contributed by atoms with Crippen molar-refractivity contribution in [1.29, 1.82) is 0 Å². The molecule has 3 aliphatic rings. The molecule has 1 saturated carbocycles. The number of rotatable bonds is 3. The van der Waals surface area contributed by atoms with Crippen LogP contribution >= 0.6 is 0 Å². The van der Waals surface area contributed by atoms with Crippen LogP contribution in [0.25, 0.3) is 0 Å². The second kappa shape index (κ2) is 8.86. The van der Waals surface area contributed by atoms with E-state index in [2.05, 4.69) is 16.8 Å². The van der Waals surface area contributed by atoms with Gasteiger partial charge in [-0.2, -0.15) is 0 Å². The SMILES string of the molecule is CN1CCC(N(C)C(=O)c2ccc(C(=O)N3CCC[C@@H]4CCCC[C@@H]43)cc2)CC1. The first-order valence-electron chi connectivity index (χ1n) is 11.4. The van der Waals surface area contributed by atoms with E-state index in [1.165, 1.54) is 25.7 Å². The summed E-state index contributed by atoms with van der Waals surface area (Å²) in [6, 6.07) is 8.10. The van der Waals surface area contributed by atoms with Crippen molar-refractivity contribution < 1.29 is 9.59 Å². The fourth-order valence-electron chi connectivity index (χ4n) is 5.55. The Bertz CT molecular complexity index is 722. The summed E-state index contributed by atoms with van der Waals surface area (Å²) in [5, 5.41) is 0. The third-order valence-electron chi connectivity index (χ3n) is 7.44. The van der Waals surface area contributed by atoms with E-state index in [0.29, 0.717) is 23.6 Å². The molecule has 29 heavy (non-hydrogen) atoms. The maximum Gasteiger partial charge on any atom is 0.254 e. The topological polar surface area (TPSA) is 43.9 Å². The molecule has 5 nitrogen and oxygen atoms in total. The Kier molecular flexibility index (Phi) is 6.23. The first-order chi connectivity index (χ1) is 14.0. The van der Waals surface area contributed by atoms with E-state index in [-0.39, 0.29) is 11.8 Å². The van der Waals surface area contributed by atoms with E-state index in [0.717, 1.165) is 50.9 Å². The first kappa shape index (κ1) is 20.4. The van der Waals surface area contributed by atoms with E-state index in [1.807, 2.05) is 36.2 Å². The molecule has 158 valence electrons. The number of hydrogen-bond donors (Lipinski definition) is 0. The minimum atomic E-state index is 0.0591. The quantitative estimate of drug-likeness (QED) is 0.782. The molecule has 0 spiro atoms. The maximum atomic E-state index is 13.2. The van der Waals surface area contributed by atoms with Gasteiger partial charge in [0.1, 0.15) is 0 Å². The highest BCUT2D eigenvalue weighted by Crippen LogP contribution is 2.36. The summed E-state index contributed by atoms with van der Waals surface area (Å²) in [6.07, 6.45) is 9.39. The fraction of sp³-hybridized carbons (Fsp3) is 0.667. The van der Waals surface area contributed by atoms with E-state index in [9.17, 15) is 9.59 Å². The normalized spacial score (nSPS) is 26.1. The van der Waals surface area contributed by atoms with Crippen molar-refractivity contribution >= 4 is 11.8 Å². The van der Waals surface area contributed by atoms with Gasteiger partial charge < -0.3 is 14.7 Å². The van der Waals surface area contributed by atoms with Gasteiger partial charge in [-0.05, 0) is 88.8 Å². The zero-order valence-corrected chi connectivity index (χ0v) is 18.0. The molecular formula is C24H35N3O2. The van der Waals surface area contributed by atoms with Gasteiger partial charge in [0.25, 0.3) is 11.8 Å². The zero-order valence-electron chi connectivity index (χ0n) is 18.0. The molecule has 0 N–H and O–H groups in total. The van der Waals surface area contributed by atoms with Crippen LogP contribution in [0.2, 0.25) is 0 Å². The average Bonchev–Trinajstić information content (AvgIpc) is 2.78. The molecule has 0 bridgehead atoms. The van der Waals surface area contributed by atoms with Gasteiger partial charge in [0, 0.05) is 36.8 Å². The lowest BCUT2D eigenvalue weighted by atomic mass is 9.78. The minimum absolute atomic E-state index is 0.0591. The van der Waals surface area contributed by atoms with E-state index in [4.69, 9.17) is 0 Å². The molecule has 5 heteroatoms. The molecule has 2 saturated heterocycles. The fourth-order valence-corrected chi connectivity index (χ4v) is 5.55. The lowest BCUT2D eigenvalue weighted by Crippen LogP contribution is -2.49. The van der Waals surface area contributed by atoms with Gasteiger partial charge in [0.2, 0.25) is 0 Å². The van der Waals surface area contributed by atoms with Gasteiger partial charge in [-0.15, -0.1) is 0 Å². The second-order valence-electron chi connectivity index (χ2n) is 9.28. The van der Waals surface area contributed by atoms with Crippen LogP contribution in [0.4, 0.5) is 0 Å². The van der Waals surface area contributed by atoms with Crippen LogP contribution in [0.3, 0.4) is 0 Å². The summed E-state index contributed by atoms with van der Waals surface area (Å²) in [6.45, 7) is 2.95. The number of carbonyl (C=O) groups is 2. The Balaban J connectivity index is 1.41. The zero-order chi connectivity index (χ0) is 20.4. The smallest absolute Gasteiger partial charge is 0.254 e. The van der Waals surface area contributed by atoms with Crippen LogP contribution in [-0.4, -0.2) is 72.3 Å². The standard InChI is InChI=1S/C24H35N3O2/c1-25-16-13-21(14-17-25)26(2)23(28)19-9-11-20(12-10-19)24(29)27-15-5-7-18-6-3-4-8-22(18)27/h9-12,18,21-22H,3-8,13-17H2,1-2H3/t18-,22-/m0/s1. The molecule has 2 atom stereocenters. The van der Waals surface area contributed by atoms with E-state index >= 15 is 0 Å². The first-order valence-corrected chi connectivity index (χ1v) is 11.4. The second-order valence-corrected chi connectivity index (χ2v) is 9.28. The van der Waals surface area contributed by atoms with Crippen molar-refractivity contribution in [3.8, 4) is 0 Å². The van der Waals surface area contributed by atoms with Crippen molar-refractivity contribution in [3.63, 3.8) is 0 Å². The number of piperidine rings is 2. The maximum absolute atomic E-state index is 13.2. The van der Waals surface area contributed by atoms with Crippen molar-refractivity contribution in [3.05, 3.63) is 35.4 Å². The molecule has 0 radical (unpaired) electrons. The number of nitrogens with zero attached hydrogens (tertiary/aromatic N) is 3. The molecule has 1 aliphatic carbocycles. The van der Waals surface area contributed by atoms with Crippen LogP contribution in [-0.2, 0) is 0 Å². The molecule has 0 unspecified atom stereocenters. The van der Waals surface area contributed by atoms with Crippen LogP contribution in [0.15, 0.2) is 24.3 Å². The molecular weight excluding hydrogens is 362 g/mol. The number of fused-ring (bicyclic) bond motifs is 1. The van der Waals surface area contributed by atoms with Crippen LogP contribution in [0.5, 0.6) is 0 Å². The third kappa shape index (κ3) is 4.35. The molecule has 0 aromatic heterocycles. The Morgan fingerprint density at radius 3 is 2.21 bits per heavy atom. The van der Waals surface area contributed by atoms with Crippen molar-refractivity contribution in [1.82, 2.24) is 14.7 Å². The van der Waals surface area contributed by atoms with Crippen molar-refractivity contribution in [2.75, 3.05) is 33.7 Å². The molecule has 3 fully saturated rings. The Labute approximate surface area is 175 Å². The van der Waals surface area contributed by atoms with Crippen molar-refractivity contribution in [2.45, 2.75) is 63.5 Å². The van der Waals surface area contributed by atoms with Crippen LogP contribution in [0, 0.1) is 5.92 Å². The Morgan fingerprint density at radius 2 is 1.48 bits per heavy atom. The highest BCUT2D eigenvalue weighted by Gasteiger charge is 2.36. The van der Waals surface area contributed by atoms with Gasteiger partial charge >= 0.3 is 0 Å². The molecule has 2 aliphatic heterocycles. The number of likely N-dealkylation sites (tertiary alicyclic amines) is 2. The summed E-state index contributed by atoms with van der Waals surface area (Å²) >= 11 is 0. The average molecular weight is 398 g/mol. The van der Waals surface area contributed by atoms with Gasteiger partial charge in [-0.1, -0.05) is 12.8 Å². The van der Waals surface area contributed by atoms with E-state index < -0.39 is 0 Å². The predicted octanol–water partition coefficient (Wildman–Crippen LogP) is 3.65. The molecule has 2 heterocycles. The Hall–Kier alpha value is -1.88. The number of hydrogen-bond acceptors (Lipinski definition) is 3. The summed E-state index contributed by atoms with van der Waals surface area (Å²) in [5.41, 5.74) is 1.40. The van der Waals surface area contributed by atoms with Gasteiger partial charge in [-0.3, -0.25) is 9.59 Å².